The summed E-state index contributed by atoms with van der Waals surface area (Å²) in [6, 6.07) is 1.23. The van der Waals surface area contributed by atoms with Gasteiger partial charge in [-0.15, -0.1) is 0 Å². The lowest BCUT2D eigenvalue weighted by molar-refractivity contribution is 0.0689. The summed E-state index contributed by atoms with van der Waals surface area (Å²) in [6.07, 6.45) is 1.33. The highest BCUT2D eigenvalue weighted by molar-refractivity contribution is 14.2. The number of rotatable bonds is 2. The van der Waals surface area contributed by atoms with E-state index in [1.165, 1.54) is 16.2 Å². The molecule has 2 aromatic heterocycles. The second kappa shape index (κ2) is 4.21. The van der Waals surface area contributed by atoms with Gasteiger partial charge in [-0.25, -0.2) is 14.2 Å². The van der Waals surface area contributed by atoms with Crippen LogP contribution in [0.15, 0.2) is 12.3 Å². The van der Waals surface area contributed by atoms with Crippen molar-refractivity contribution in [2.75, 3.05) is 0 Å². The summed E-state index contributed by atoms with van der Waals surface area (Å²) in [5.74, 6) is -1.53. The normalized spacial score (nSPS) is 10.9. The first-order valence-electron chi connectivity index (χ1n) is 4.25. The van der Waals surface area contributed by atoms with Crippen molar-refractivity contribution in [1.82, 2.24) is 8.96 Å². The van der Waals surface area contributed by atoms with Crippen LogP contribution in [0.2, 0.25) is 0 Å². The predicted molar refractivity (Wildman–Crippen MR) is 68.4 cm³/mol. The van der Waals surface area contributed by atoms with Gasteiger partial charge < -0.3 is 5.11 Å². The van der Waals surface area contributed by atoms with E-state index >= 15 is 0 Å². The van der Waals surface area contributed by atoms with Gasteiger partial charge in [-0.05, 0) is 18.6 Å². The van der Waals surface area contributed by atoms with Gasteiger partial charge in [0.25, 0.3) is 0 Å². The van der Waals surface area contributed by atoms with E-state index in [4.69, 9.17) is 5.11 Å². The topological polar surface area (TPSA) is 55.1 Å². The summed E-state index contributed by atoms with van der Waals surface area (Å²) in [6.45, 7) is 1.58. The van der Waals surface area contributed by atoms with E-state index in [0.29, 0.717) is 11.2 Å². The Hall–Kier alpha value is -0.830. The molecule has 0 radical (unpaired) electrons. The molecule has 0 amide bonds. The number of aromatic carboxylic acids is 1. The first kappa shape index (κ1) is 11.6. The Labute approximate surface area is 107 Å². The van der Waals surface area contributed by atoms with Gasteiger partial charge in [0.2, 0.25) is 0 Å². The fourth-order valence-corrected chi connectivity index (χ4v) is 3.26. The number of aryl methyl sites for hydroxylation is 1. The van der Waals surface area contributed by atoms with Crippen LogP contribution in [0.5, 0.6) is 0 Å². The number of carbonyl (C=O) groups is 1. The maximum Gasteiger partial charge on any atom is 0.353 e. The third-order valence-electron chi connectivity index (χ3n) is 2.28. The Morgan fingerprint density at radius 2 is 2.38 bits per heavy atom. The van der Waals surface area contributed by atoms with Crippen molar-refractivity contribution in [3.8, 4) is 0 Å². The molecule has 1 N–H and O–H groups in total. The van der Waals surface area contributed by atoms with E-state index in [9.17, 15) is 9.18 Å². The molecule has 7 heteroatoms. The molecule has 0 atom stereocenters. The van der Waals surface area contributed by atoms with Gasteiger partial charge in [-0.1, -0.05) is 0 Å². The number of aromatic nitrogens is 2. The molecule has 0 saturated heterocycles. The standard InChI is InChI=1S/C9H6FIN2O2S/c1-4-6-5(10)2-3-12-8(6)13(16-11)7(4)9(14)15/h2-3H,1H3,(H,14,15). The first-order valence-corrected chi connectivity index (χ1v) is 7.57. The molecule has 84 valence electrons. The fourth-order valence-electron chi connectivity index (χ4n) is 1.62. The number of hydrogen-bond acceptors (Lipinski definition) is 3. The molecule has 0 aliphatic carbocycles. The molecule has 0 aliphatic heterocycles. The highest BCUT2D eigenvalue weighted by Crippen LogP contribution is 2.32. The second-order valence-electron chi connectivity index (χ2n) is 3.13. The molecule has 0 bridgehead atoms. The zero-order valence-electron chi connectivity index (χ0n) is 8.07. The number of carboxylic acid groups (broad SMARTS) is 1. The second-order valence-corrected chi connectivity index (χ2v) is 4.82. The summed E-state index contributed by atoms with van der Waals surface area (Å²) in [5, 5.41) is 9.35. The van der Waals surface area contributed by atoms with Gasteiger partial charge in [0.15, 0.2) is 5.65 Å². The average Bonchev–Trinajstić information content (AvgIpc) is 2.52. The van der Waals surface area contributed by atoms with Crippen LogP contribution >= 0.6 is 30.3 Å². The smallest absolute Gasteiger partial charge is 0.353 e. The molecule has 0 fully saturated rings. The maximum atomic E-state index is 13.6. The number of halogens is 2. The Morgan fingerprint density at radius 1 is 1.69 bits per heavy atom. The summed E-state index contributed by atoms with van der Waals surface area (Å²) < 4.78 is 15.0. The average molecular weight is 352 g/mol. The summed E-state index contributed by atoms with van der Waals surface area (Å²) in [7, 11) is 1.16. The minimum absolute atomic E-state index is 0.0620. The molecule has 16 heavy (non-hydrogen) atoms. The lowest BCUT2D eigenvalue weighted by Gasteiger charge is -2.00. The maximum absolute atomic E-state index is 13.6. The number of fused-ring (bicyclic) bond motifs is 1. The number of carboxylic acids is 1. The van der Waals surface area contributed by atoms with Crippen LogP contribution in [0.3, 0.4) is 0 Å². The van der Waals surface area contributed by atoms with E-state index < -0.39 is 11.8 Å². The number of nitrogens with zero attached hydrogens (tertiary/aromatic N) is 2. The van der Waals surface area contributed by atoms with E-state index in [1.54, 1.807) is 6.92 Å². The van der Waals surface area contributed by atoms with Gasteiger partial charge in [0.05, 0.1) is 5.39 Å². The lowest BCUT2D eigenvalue weighted by atomic mass is 10.2. The minimum Gasteiger partial charge on any atom is -0.477 e. The zero-order chi connectivity index (χ0) is 11.9. The molecule has 2 aromatic rings. The van der Waals surface area contributed by atoms with Crippen LogP contribution in [0.25, 0.3) is 11.0 Å². The number of hydrogen-bond donors (Lipinski definition) is 1. The van der Waals surface area contributed by atoms with Gasteiger partial charge in [-0.3, -0.25) is 3.97 Å². The van der Waals surface area contributed by atoms with Gasteiger partial charge >= 0.3 is 5.97 Å². The lowest BCUT2D eigenvalue weighted by Crippen LogP contribution is -2.03. The monoisotopic (exact) mass is 352 g/mol. The first-order chi connectivity index (χ1) is 7.57. The quantitative estimate of drug-likeness (QED) is 0.845. The largest absolute Gasteiger partial charge is 0.477 e. The van der Waals surface area contributed by atoms with E-state index in [0.717, 1.165) is 9.12 Å². The Kier molecular flexibility index (Phi) is 3.06. The molecule has 4 nitrogen and oxygen atoms in total. The Bertz CT molecular complexity index is 584. The summed E-state index contributed by atoms with van der Waals surface area (Å²) in [4.78, 5) is 15.1. The van der Waals surface area contributed by atoms with Gasteiger partial charge in [-0.2, -0.15) is 0 Å². The van der Waals surface area contributed by atoms with Crippen LogP contribution < -0.4 is 0 Å². The molecule has 0 aromatic carbocycles. The molecule has 2 rings (SSSR count). The molecule has 0 saturated carbocycles. The van der Waals surface area contributed by atoms with Crippen molar-refractivity contribution in [3.63, 3.8) is 0 Å². The third-order valence-corrected chi connectivity index (χ3v) is 3.95. The van der Waals surface area contributed by atoms with Crippen LogP contribution in [0.1, 0.15) is 16.1 Å². The Morgan fingerprint density at radius 3 is 2.94 bits per heavy atom. The molecular formula is C9H6FIN2O2S. The van der Waals surface area contributed by atoms with Crippen molar-refractivity contribution < 1.29 is 14.3 Å². The van der Waals surface area contributed by atoms with E-state index in [1.807, 2.05) is 21.2 Å². The molecule has 0 spiro atoms. The molecule has 0 unspecified atom stereocenters. The van der Waals surface area contributed by atoms with E-state index in [-0.39, 0.29) is 11.1 Å². The van der Waals surface area contributed by atoms with Crippen LogP contribution in [0.4, 0.5) is 4.39 Å². The minimum atomic E-state index is -1.08. The van der Waals surface area contributed by atoms with Crippen molar-refractivity contribution in [1.29, 1.82) is 0 Å². The van der Waals surface area contributed by atoms with Gasteiger partial charge in [0, 0.05) is 36.5 Å². The number of pyridine rings is 1. The zero-order valence-corrected chi connectivity index (χ0v) is 11.0. The summed E-state index contributed by atoms with van der Waals surface area (Å²) >= 11 is 1.94. The van der Waals surface area contributed by atoms with Crippen molar-refractivity contribution in [2.45, 2.75) is 6.92 Å². The van der Waals surface area contributed by atoms with Crippen molar-refractivity contribution in [3.05, 3.63) is 29.3 Å². The van der Waals surface area contributed by atoms with Crippen molar-refractivity contribution in [2.24, 2.45) is 0 Å². The summed E-state index contributed by atoms with van der Waals surface area (Å²) in [5.41, 5.74) is 0.804. The molecule has 0 aliphatic rings. The van der Waals surface area contributed by atoms with Crippen molar-refractivity contribution >= 4 is 47.3 Å². The predicted octanol–water partition coefficient (Wildman–Crippen LogP) is 3.03. The Balaban J connectivity index is 2.96. The molecule has 2 heterocycles. The highest BCUT2D eigenvalue weighted by Gasteiger charge is 2.22. The van der Waals surface area contributed by atoms with Crippen LogP contribution in [0, 0.1) is 12.7 Å². The van der Waals surface area contributed by atoms with Gasteiger partial charge in [0.1, 0.15) is 11.5 Å². The molecular weight excluding hydrogens is 346 g/mol. The fraction of sp³-hybridized carbons (Fsp3) is 0.111. The van der Waals surface area contributed by atoms with Crippen LogP contribution in [-0.4, -0.2) is 20.0 Å². The highest BCUT2D eigenvalue weighted by atomic mass is 127. The third kappa shape index (κ3) is 1.58. The SMILES string of the molecule is Cc1c(C(=O)O)n(SI)c2nccc(F)c12. The van der Waals surface area contributed by atoms with E-state index in [2.05, 4.69) is 4.98 Å². The van der Waals surface area contributed by atoms with Crippen LogP contribution in [-0.2, 0) is 0 Å².